The van der Waals surface area contributed by atoms with E-state index in [1.54, 1.807) is 13.1 Å². The first kappa shape index (κ1) is 29.8. The quantitative estimate of drug-likeness (QED) is 0.240. The summed E-state index contributed by atoms with van der Waals surface area (Å²) in [5, 5.41) is 13.6. The normalized spacial score (nSPS) is 19.3. The number of benzene rings is 1. The monoisotopic (exact) mass is 631 g/mol. The van der Waals surface area contributed by atoms with E-state index in [1.165, 1.54) is 28.8 Å². The summed E-state index contributed by atoms with van der Waals surface area (Å²) < 4.78 is 65.2. The van der Waals surface area contributed by atoms with Gasteiger partial charge in [0.15, 0.2) is 5.65 Å². The highest BCUT2D eigenvalue weighted by Crippen LogP contribution is 2.49. The second-order valence-electron chi connectivity index (χ2n) is 11.1. The number of carbonyl (C=O) groups excluding carboxylic acids is 2. The molecule has 1 unspecified atom stereocenters. The summed E-state index contributed by atoms with van der Waals surface area (Å²) >= 11 is 6.33. The summed E-state index contributed by atoms with van der Waals surface area (Å²) in [4.78, 5) is 34.3. The summed E-state index contributed by atoms with van der Waals surface area (Å²) in [7, 11) is 0. The molecule has 4 N–H and O–H groups in total. The van der Waals surface area contributed by atoms with E-state index < -0.39 is 47.1 Å². The molecule has 1 aliphatic carbocycles. The molecule has 2 aliphatic rings. The smallest absolute Gasteiger partial charge is 0.424 e. The maximum Gasteiger partial charge on any atom is 0.424 e. The average molecular weight is 632 g/mol. The van der Waals surface area contributed by atoms with E-state index in [4.69, 9.17) is 22.1 Å². The number of aliphatic hydroxyl groups is 1. The first-order valence-corrected chi connectivity index (χ1v) is 14.2. The number of hydrogen-bond donors (Lipinski definition) is 3. The first-order chi connectivity index (χ1) is 20.8. The molecule has 14 heteroatoms. The molecule has 6 rings (SSSR count). The molecule has 9 nitrogen and oxygen atoms in total. The summed E-state index contributed by atoms with van der Waals surface area (Å²) in [5.41, 5.74) is 0.692. The molecule has 1 saturated carbocycles. The molecular formula is C30H26ClF4N5O4. The van der Waals surface area contributed by atoms with Crippen LogP contribution in [-0.2, 0) is 15.8 Å². The number of pyridine rings is 2. The van der Waals surface area contributed by atoms with E-state index in [9.17, 15) is 32.3 Å². The molecule has 0 saturated heterocycles. The van der Waals surface area contributed by atoms with E-state index in [0.29, 0.717) is 11.6 Å². The lowest BCUT2D eigenvalue weighted by molar-refractivity contribution is -0.265. The molecule has 1 aliphatic heterocycles. The molecule has 3 aromatic heterocycles. The second-order valence-corrected chi connectivity index (χ2v) is 11.5. The minimum atomic E-state index is -5.35. The van der Waals surface area contributed by atoms with Crippen LogP contribution in [0.4, 0.5) is 17.6 Å². The third-order valence-corrected chi connectivity index (χ3v) is 8.60. The van der Waals surface area contributed by atoms with Crippen molar-refractivity contribution < 1.29 is 37.0 Å². The Morgan fingerprint density at radius 3 is 2.50 bits per heavy atom. The fraction of sp³-hybridized carbons (Fsp3) is 0.333. The molecule has 4 heterocycles. The van der Waals surface area contributed by atoms with Gasteiger partial charge in [-0.25, -0.2) is 14.4 Å². The van der Waals surface area contributed by atoms with Crippen LogP contribution in [0.5, 0.6) is 5.75 Å². The fourth-order valence-corrected chi connectivity index (χ4v) is 5.67. The van der Waals surface area contributed by atoms with Crippen LogP contribution in [0.2, 0.25) is 5.02 Å². The highest BCUT2D eigenvalue weighted by atomic mass is 35.5. The van der Waals surface area contributed by atoms with Crippen molar-refractivity contribution in [2.24, 2.45) is 5.73 Å². The lowest BCUT2D eigenvalue weighted by Crippen LogP contribution is -2.52. The van der Waals surface area contributed by atoms with Crippen LogP contribution in [0.1, 0.15) is 59.4 Å². The first-order valence-electron chi connectivity index (χ1n) is 13.8. The molecule has 4 aromatic rings. The van der Waals surface area contributed by atoms with Crippen LogP contribution in [0, 0.1) is 5.82 Å². The minimum absolute atomic E-state index is 0.00497. The number of amides is 2. The molecular weight excluding hydrogens is 606 g/mol. The second kappa shape index (κ2) is 10.4. The maximum absolute atomic E-state index is 14.7. The van der Waals surface area contributed by atoms with E-state index >= 15 is 0 Å². The Kier molecular flexibility index (Phi) is 7.08. The number of hydrogen-bond acceptors (Lipinski definition) is 6. The molecule has 0 radical (unpaired) electrons. The predicted octanol–water partition coefficient (Wildman–Crippen LogP) is 4.77. The summed E-state index contributed by atoms with van der Waals surface area (Å²) in [6, 6.07) is 6.93. The predicted molar refractivity (Wildman–Crippen MR) is 151 cm³/mol. The van der Waals surface area contributed by atoms with Crippen molar-refractivity contribution in [3.63, 3.8) is 0 Å². The van der Waals surface area contributed by atoms with Crippen molar-refractivity contribution in [3.05, 3.63) is 82.1 Å². The van der Waals surface area contributed by atoms with Gasteiger partial charge in [-0.1, -0.05) is 18.5 Å². The lowest BCUT2D eigenvalue weighted by Gasteiger charge is -2.32. The molecule has 2 atom stereocenters. The van der Waals surface area contributed by atoms with Crippen LogP contribution < -0.4 is 15.8 Å². The summed E-state index contributed by atoms with van der Waals surface area (Å²) in [5.74, 6) is -2.10. The van der Waals surface area contributed by atoms with Crippen LogP contribution >= 0.6 is 11.6 Å². The van der Waals surface area contributed by atoms with Gasteiger partial charge in [-0.2, -0.15) is 13.2 Å². The van der Waals surface area contributed by atoms with Crippen molar-refractivity contribution >= 4 is 29.1 Å². The van der Waals surface area contributed by atoms with Crippen molar-refractivity contribution in [2.45, 2.75) is 49.3 Å². The topological polar surface area (TPSA) is 132 Å². The Hall–Kier alpha value is -4.23. The van der Waals surface area contributed by atoms with Crippen LogP contribution in [0.25, 0.3) is 16.9 Å². The number of rotatable bonds is 8. The highest BCUT2D eigenvalue weighted by molar-refractivity contribution is 6.33. The number of nitrogens with two attached hydrogens (primary N) is 1. The van der Waals surface area contributed by atoms with Crippen LogP contribution in [0.15, 0.2) is 48.8 Å². The number of ether oxygens (including phenoxy) is 1. The van der Waals surface area contributed by atoms with Crippen molar-refractivity contribution in [1.82, 2.24) is 19.7 Å². The maximum atomic E-state index is 14.7. The Balaban J connectivity index is 1.41. The number of primary amides is 1. The van der Waals surface area contributed by atoms with Crippen LogP contribution in [0.3, 0.4) is 0 Å². The third kappa shape index (κ3) is 4.84. The minimum Gasteiger partial charge on any atom is -0.489 e. The number of halogens is 5. The lowest BCUT2D eigenvalue weighted by atomic mass is 9.78. The molecule has 1 fully saturated rings. The Bertz CT molecular complexity index is 1810. The Labute approximate surface area is 253 Å². The number of nitrogens with one attached hydrogen (secondary N) is 1. The number of alkyl halides is 3. The SMILES string of the molecule is CC[C@]1(C(N)=O)COc2c1cc(C(O)(CNC(=O)c1cc(Cl)c3nc(C4CC4)cn3c1)C(F)(F)F)nc2-c1ccc(F)cc1. The van der Waals surface area contributed by atoms with Gasteiger partial charge >= 0.3 is 6.18 Å². The average Bonchev–Trinajstić information content (AvgIpc) is 3.62. The van der Waals surface area contributed by atoms with Gasteiger partial charge in [-0.05, 0) is 55.7 Å². The largest absolute Gasteiger partial charge is 0.489 e. The van der Waals surface area contributed by atoms with Crippen molar-refractivity contribution in [2.75, 3.05) is 13.2 Å². The van der Waals surface area contributed by atoms with Gasteiger partial charge in [-0.15, -0.1) is 0 Å². The number of nitrogens with zero attached hydrogens (tertiary/aromatic N) is 3. The highest BCUT2D eigenvalue weighted by Gasteiger charge is 2.58. The fourth-order valence-electron chi connectivity index (χ4n) is 5.42. The van der Waals surface area contributed by atoms with Crippen molar-refractivity contribution in [3.8, 4) is 17.0 Å². The zero-order chi connectivity index (χ0) is 31.6. The molecule has 0 spiro atoms. The molecule has 0 bridgehead atoms. The number of aromatic nitrogens is 3. The van der Waals surface area contributed by atoms with E-state index in [2.05, 4.69) is 15.3 Å². The van der Waals surface area contributed by atoms with E-state index in [0.717, 1.165) is 36.7 Å². The zero-order valence-corrected chi connectivity index (χ0v) is 24.0. The Morgan fingerprint density at radius 1 is 1.18 bits per heavy atom. The van der Waals surface area contributed by atoms with E-state index in [1.807, 2.05) is 0 Å². The standard InChI is InChI=1S/C30H26ClF4N5O4/c1-2-28(27(36)42)14-44-24-19(28)10-22(39-23(24)16-5-7-18(32)8-6-16)29(43,30(33,34)35)13-37-26(41)17-9-20(31)25-38-21(15-3-4-15)12-40(25)11-17/h5-12,15,43H,2-4,13-14H2,1H3,(H2,36,42)(H,37,41)/t28-,29?/m0/s1. The van der Waals surface area contributed by atoms with Crippen LogP contribution in [-0.4, -0.2) is 50.6 Å². The molecule has 230 valence electrons. The van der Waals surface area contributed by atoms with Gasteiger partial charge in [0.2, 0.25) is 11.5 Å². The Morgan fingerprint density at radius 2 is 1.89 bits per heavy atom. The van der Waals surface area contributed by atoms with Gasteiger partial charge in [0.1, 0.15) is 29.3 Å². The molecule has 1 aromatic carbocycles. The summed E-state index contributed by atoms with van der Waals surface area (Å²) in [6.45, 7) is 0.00889. The number of imidazole rings is 1. The zero-order valence-electron chi connectivity index (χ0n) is 23.2. The third-order valence-electron chi connectivity index (χ3n) is 8.32. The molecule has 44 heavy (non-hydrogen) atoms. The molecule has 2 amide bonds. The van der Waals surface area contributed by atoms with Gasteiger partial charge in [-0.3, -0.25) is 9.59 Å². The summed E-state index contributed by atoms with van der Waals surface area (Å²) in [6.07, 6.45) is -0.211. The number of fused-ring (bicyclic) bond motifs is 2. The number of carbonyl (C=O) groups is 2. The van der Waals surface area contributed by atoms with E-state index in [-0.39, 0.29) is 46.2 Å². The van der Waals surface area contributed by atoms with Gasteiger partial charge in [0.25, 0.3) is 5.91 Å². The van der Waals surface area contributed by atoms with Crippen molar-refractivity contribution in [1.29, 1.82) is 0 Å². The van der Waals surface area contributed by atoms with Gasteiger partial charge in [0, 0.05) is 29.4 Å². The van der Waals surface area contributed by atoms with Gasteiger partial charge in [0.05, 0.1) is 28.5 Å². The van der Waals surface area contributed by atoms with Gasteiger partial charge < -0.3 is 25.3 Å².